The third-order valence-corrected chi connectivity index (χ3v) is 5.41. The topological polar surface area (TPSA) is 91.8 Å². The molecule has 0 spiro atoms. The molecule has 2 heterocycles. The van der Waals surface area contributed by atoms with Crippen LogP contribution in [0.15, 0.2) is 6.33 Å². The molecule has 2 atom stereocenters. The second kappa shape index (κ2) is 10.9. The quantitative estimate of drug-likeness (QED) is 0.613. The number of nitrogens with one attached hydrogen (secondary N) is 1. The molecule has 0 bridgehead atoms. The van der Waals surface area contributed by atoms with E-state index in [1.54, 1.807) is 0 Å². The minimum atomic E-state index is -0.0441. The van der Waals surface area contributed by atoms with Crippen molar-refractivity contribution in [2.24, 2.45) is 5.92 Å². The molecule has 1 N–H and O–H groups in total. The van der Waals surface area contributed by atoms with Crippen molar-refractivity contribution in [3.05, 3.63) is 11.3 Å². The SMILES string of the molecule is CC(=O)N[C@@H](C)CO[C@H]1C[C@H](COc2ncnc(OCC3CCCCO3)c2Cl)C1. The molecule has 1 aliphatic heterocycles. The molecule has 1 aromatic rings. The number of carbonyl (C=O) groups is 1. The van der Waals surface area contributed by atoms with E-state index < -0.39 is 0 Å². The summed E-state index contributed by atoms with van der Waals surface area (Å²) >= 11 is 6.35. The van der Waals surface area contributed by atoms with Crippen molar-refractivity contribution in [2.75, 3.05) is 26.4 Å². The Bertz CT molecular complexity index is 666. The molecule has 9 heteroatoms. The first kappa shape index (κ1) is 22.1. The van der Waals surface area contributed by atoms with Crippen LogP contribution in [-0.2, 0) is 14.3 Å². The van der Waals surface area contributed by atoms with Gasteiger partial charge in [0.25, 0.3) is 0 Å². The number of halogens is 1. The summed E-state index contributed by atoms with van der Waals surface area (Å²) in [6, 6.07) is 0.0139. The molecule has 1 amide bonds. The molecule has 1 unspecified atom stereocenters. The predicted octanol–water partition coefficient (Wildman–Crippen LogP) is 2.78. The van der Waals surface area contributed by atoms with Crippen LogP contribution in [0.5, 0.6) is 11.8 Å². The number of carbonyl (C=O) groups excluding carboxylic acids is 1. The molecular formula is C20H30ClN3O5. The van der Waals surface area contributed by atoms with Gasteiger partial charge in [-0.05, 0) is 44.9 Å². The summed E-state index contributed by atoms with van der Waals surface area (Å²) in [6.45, 7) is 5.67. The largest absolute Gasteiger partial charge is 0.476 e. The summed E-state index contributed by atoms with van der Waals surface area (Å²) in [5.41, 5.74) is 0. The van der Waals surface area contributed by atoms with Gasteiger partial charge in [0.05, 0.1) is 25.4 Å². The smallest absolute Gasteiger partial charge is 0.239 e. The molecule has 0 radical (unpaired) electrons. The summed E-state index contributed by atoms with van der Waals surface area (Å²) in [5, 5.41) is 3.10. The van der Waals surface area contributed by atoms with E-state index in [0.717, 1.165) is 38.7 Å². The van der Waals surface area contributed by atoms with Crippen molar-refractivity contribution < 1.29 is 23.7 Å². The zero-order chi connectivity index (χ0) is 20.6. The highest BCUT2D eigenvalue weighted by Gasteiger charge is 2.31. The number of rotatable bonds is 10. The molecule has 1 saturated carbocycles. The van der Waals surface area contributed by atoms with E-state index in [0.29, 0.717) is 42.5 Å². The van der Waals surface area contributed by atoms with Gasteiger partial charge in [0.2, 0.25) is 17.7 Å². The van der Waals surface area contributed by atoms with E-state index in [9.17, 15) is 4.79 Å². The van der Waals surface area contributed by atoms with Crippen LogP contribution in [0.1, 0.15) is 46.0 Å². The van der Waals surface area contributed by atoms with Crippen LogP contribution in [0.4, 0.5) is 0 Å². The summed E-state index contributed by atoms with van der Waals surface area (Å²) < 4.78 is 23.0. The van der Waals surface area contributed by atoms with E-state index in [1.807, 2.05) is 6.92 Å². The summed E-state index contributed by atoms with van der Waals surface area (Å²) in [5.74, 6) is 1.01. The van der Waals surface area contributed by atoms with Crippen molar-refractivity contribution in [3.63, 3.8) is 0 Å². The van der Waals surface area contributed by atoms with E-state index in [-0.39, 0.29) is 24.2 Å². The van der Waals surface area contributed by atoms with Gasteiger partial charge in [0, 0.05) is 19.6 Å². The van der Waals surface area contributed by atoms with Gasteiger partial charge in [-0.25, -0.2) is 9.97 Å². The number of nitrogens with zero attached hydrogens (tertiary/aromatic N) is 2. The average Bonchev–Trinajstić information content (AvgIpc) is 2.66. The average molecular weight is 428 g/mol. The second-order valence-corrected chi connectivity index (χ2v) is 8.18. The van der Waals surface area contributed by atoms with Crippen LogP contribution in [-0.4, -0.2) is 60.6 Å². The molecule has 29 heavy (non-hydrogen) atoms. The Morgan fingerprint density at radius 2 is 2.00 bits per heavy atom. The molecule has 2 aliphatic rings. The van der Waals surface area contributed by atoms with Crippen molar-refractivity contribution >= 4 is 17.5 Å². The van der Waals surface area contributed by atoms with Gasteiger partial charge in [0.15, 0.2) is 5.02 Å². The predicted molar refractivity (Wildman–Crippen MR) is 107 cm³/mol. The van der Waals surface area contributed by atoms with Crippen LogP contribution in [0.3, 0.4) is 0 Å². The lowest BCUT2D eigenvalue weighted by molar-refractivity contribution is -0.120. The maximum Gasteiger partial charge on any atom is 0.239 e. The fourth-order valence-electron chi connectivity index (χ4n) is 3.46. The molecule has 1 aliphatic carbocycles. The number of hydrogen-bond donors (Lipinski definition) is 1. The fraction of sp³-hybridized carbons (Fsp3) is 0.750. The zero-order valence-corrected chi connectivity index (χ0v) is 17.8. The molecule has 8 nitrogen and oxygen atoms in total. The molecular weight excluding hydrogens is 398 g/mol. The molecule has 162 valence electrons. The lowest BCUT2D eigenvalue weighted by Gasteiger charge is -2.35. The standard InChI is InChI=1S/C20H30ClN3O5/c1-13(24-14(2)25)9-27-17-7-15(8-17)10-28-19-18(21)20(23-12-22-19)29-11-16-5-3-4-6-26-16/h12-13,15-17H,3-11H2,1-2H3,(H,24,25)/t13-,15-,16?,17-/m0/s1. The maximum atomic E-state index is 11.0. The summed E-state index contributed by atoms with van der Waals surface area (Å²) in [7, 11) is 0. The first-order valence-electron chi connectivity index (χ1n) is 10.3. The highest BCUT2D eigenvalue weighted by molar-refractivity contribution is 6.33. The van der Waals surface area contributed by atoms with E-state index in [1.165, 1.54) is 13.3 Å². The molecule has 1 aromatic heterocycles. The van der Waals surface area contributed by atoms with Crippen molar-refractivity contribution in [1.29, 1.82) is 0 Å². The maximum absolute atomic E-state index is 11.0. The third-order valence-electron chi connectivity index (χ3n) is 5.09. The molecule has 2 fully saturated rings. The van der Waals surface area contributed by atoms with Gasteiger partial charge >= 0.3 is 0 Å². The highest BCUT2D eigenvalue weighted by atomic mass is 35.5. The van der Waals surface area contributed by atoms with E-state index in [4.69, 9.17) is 30.5 Å². The van der Waals surface area contributed by atoms with Crippen molar-refractivity contribution in [2.45, 2.75) is 64.2 Å². The van der Waals surface area contributed by atoms with E-state index >= 15 is 0 Å². The zero-order valence-electron chi connectivity index (χ0n) is 17.1. The minimum Gasteiger partial charge on any atom is -0.476 e. The number of hydrogen-bond acceptors (Lipinski definition) is 7. The minimum absolute atomic E-state index is 0.0139. The van der Waals surface area contributed by atoms with Gasteiger partial charge < -0.3 is 24.3 Å². The number of ether oxygens (including phenoxy) is 4. The van der Waals surface area contributed by atoms with Crippen LogP contribution < -0.4 is 14.8 Å². The first-order chi connectivity index (χ1) is 14.0. The van der Waals surface area contributed by atoms with Crippen LogP contribution >= 0.6 is 11.6 Å². The Hall–Kier alpha value is -1.64. The highest BCUT2D eigenvalue weighted by Crippen LogP contribution is 2.34. The van der Waals surface area contributed by atoms with Gasteiger partial charge in [-0.3, -0.25) is 4.79 Å². The van der Waals surface area contributed by atoms with Crippen molar-refractivity contribution in [1.82, 2.24) is 15.3 Å². The number of amides is 1. The second-order valence-electron chi connectivity index (χ2n) is 7.80. The van der Waals surface area contributed by atoms with Crippen molar-refractivity contribution in [3.8, 4) is 11.8 Å². The summed E-state index contributed by atoms with van der Waals surface area (Å²) in [6.07, 6.45) is 6.75. The van der Waals surface area contributed by atoms with Gasteiger partial charge in [0.1, 0.15) is 12.9 Å². The van der Waals surface area contributed by atoms with Gasteiger partial charge in [-0.15, -0.1) is 0 Å². The van der Waals surface area contributed by atoms with Crippen LogP contribution in [0, 0.1) is 5.92 Å². The number of aromatic nitrogens is 2. The van der Waals surface area contributed by atoms with Crippen LogP contribution in [0.25, 0.3) is 0 Å². The van der Waals surface area contributed by atoms with Gasteiger partial charge in [-0.2, -0.15) is 0 Å². The monoisotopic (exact) mass is 427 g/mol. The fourth-order valence-corrected chi connectivity index (χ4v) is 3.67. The van der Waals surface area contributed by atoms with E-state index in [2.05, 4.69) is 15.3 Å². The summed E-state index contributed by atoms with van der Waals surface area (Å²) in [4.78, 5) is 19.2. The Morgan fingerprint density at radius 3 is 2.66 bits per heavy atom. The van der Waals surface area contributed by atoms with Gasteiger partial charge in [-0.1, -0.05) is 11.6 Å². The molecule has 1 saturated heterocycles. The lowest BCUT2D eigenvalue weighted by atomic mass is 9.83. The first-order valence-corrected chi connectivity index (χ1v) is 10.7. The third kappa shape index (κ3) is 6.97. The lowest BCUT2D eigenvalue weighted by Crippen LogP contribution is -2.40. The van der Waals surface area contributed by atoms with Crippen LogP contribution in [0.2, 0.25) is 5.02 Å². The molecule has 0 aromatic carbocycles. The molecule has 3 rings (SSSR count). The Morgan fingerprint density at radius 1 is 1.28 bits per heavy atom. The Kier molecular flexibility index (Phi) is 8.32. The Balaban J connectivity index is 1.36. The normalized spacial score (nSPS) is 25.0. The Labute approximate surface area is 176 Å².